The Morgan fingerprint density at radius 2 is 1.85 bits per heavy atom. The number of nitrogens with zero attached hydrogens (tertiary/aromatic N) is 2. The second kappa shape index (κ2) is 8.80. The largest absolute Gasteiger partial charge is 0.497 e. The Morgan fingerprint density at radius 1 is 1.08 bits per heavy atom. The lowest BCUT2D eigenvalue weighted by molar-refractivity contribution is -0.121. The summed E-state index contributed by atoms with van der Waals surface area (Å²) in [4.78, 5) is 16.4. The normalized spacial score (nSPS) is 10.5. The van der Waals surface area contributed by atoms with Crippen LogP contribution in [0.5, 0.6) is 5.75 Å². The smallest absolute Gasteiger partial charge is 0.220 e. The van der Waals surface area contributed by atoms with E-state index in [2.05, 4.69) is 20.5 Å². The zero-order valence-corrected chi connectivity index (χ0v) is 14.7. The molecule has 0 bridgehead atoms. The van der Waals surface area contributed by atoms with Crippen LogP contribution in [0.4, 0.5) is 0 Å². The van der Waals surface area contributed by atoms with Gasteiger partial charge in [0.1, 0.15) is 11.6 Å². The highest BCUT2D eigenvalue weighted by Crippen LogP contribution is 2.18. The average Bonchev–Trinajstić information content (AvgIpc) is 3.16. The summed E-state index contributed by atoms with van der Waals surface area (Å²) in [5.74, 6) is 2.23. The number of amides is 1. The highest BCUT2D eigenvalue weighted by molar-refractivity contribution is 5.76. The van der Waals surface area contributed by atoms with Crippen molar-refractivity contribution in [3.05, 3.63) is 66.0 Å². The lowest BCUT2D eigenvalue weighted by Gasteiger charge is -2.04. The summed E-state index contributed by atoms with van der Waals surface area (Å²) in [6, 6.07) is 17.6. The topological polar surface area (TPSA) is 79.9 Å². The lowest BCUT2D eigenvalue weighted by Crippen LogP contribution is -2.26. The zero-order chi connectivity index (χ0) is 18.2. The Kier molecular flexibility index (Phi) is 5.98. The van der Waals surface area contributed by atoms with Crippen molar-refractivity contribution in [1.82, 2.24) is 20.5 Å². The van der Waals surface area contributed by atoms with Crippen molar-refractivity contribution >= 4 is 5.91 Å². The molecule has 6 heteroatoms. The van der Waals surface area contributed by atoms with Crippen LogP contribution in [0.3, 0.4) is 0 Å². The highest BCUT2D eigenvalue weighted by atomic mass is 16.5. The molecule has 0 spiro atoms. The SMILES string of the molecule is COc1ccc(-c2n[nH]c(CCNC(=O)CCc3ccccc3)n2)cc1. The van der Waals surface area contributed by atoms with Crippen LogP contribution in [0, 0.1) is 0 Å². The van der Waals surface area contributed by atoms with E-state index >= 15 is 0 Å². The summed E-state index contributed by atoms with van der Waals surface area (Å²) in [6.45, 7) is 0.533. The molecule has 6 nitrogen and oxygen atoms in total. The number of carbonyl (C=O) groups excluding carboxylic acids is 1. The number of aromatic amines is 1. The van der Waals surface area contributed by atoms with E-state index in [0.717, 1.165) is 23.6 Å². The molecule has 0 fully saturated rings. The molecule has 1 aromatic heterocycles. The van der Waals surface area contributed by atoms with E-state index < -0.39 is 0 Å². The molecule has 0 radical (unpaired) electrons. The van der Waals surface area contributed by atoms with Crippen molar-refractivity contribution in [3.8, 4) is 17.1 Å². The van der Waals surface area contributed by atoms with Gasteiger partial charge in [-0.25, -0.2) is 4.98 Å². The molecule has 2 N–H and O–H groups in total. The van der Waals surface area contributed by atoms with Crippen LogP contribution in [0.1, 0.15) is 17.8 Å². The third-order valence-corrected chi connectivity index (χ3v) is 4.05. The van der Waals surface area contributed by atoms with Gasteiger partial charge in [-0.15, -0.1) is 0 Å². The Balaban J connectivity index is 1.43. The number of methoxy groups -OCH3 is 1. The standard InChI is InChI=1S/C20H22N4O2/c1-26-17-10-8-16(9-11-17)20-22-18(23-24-20)13-14-21-19(25)12-7-15-5-3-2-4-6-15/h2-6,8-11H,7,12-14H2,1H3,(H,21,25)(H,22,23,24). The Bertz CT molecular complexity index is 829. The second-order valence-corrected chi connectivity index (χ2v) is 5.92. The maximum Gasteiger partial charge on any atom is 0.220 e. The van der Waals surface area contributed by atoms with Gasteiger partial charge in [-0.1, -0.05) is 30.3 Å². The molecule has 0 aliphatic heterocycles. The molecule has 1 amide bonds. The summed E-state index contributed by atoms with van der Waals surface area (Å²) in [5.41, 5.74) is 2.09. The number of carbonyl (C=O) groups is 1. The van der Waals surface area contributed by atoms with Gasteiger partial charge in [-0.05, 0) is 36.2 Å². The first-order chi connectivity index (χ1) is 12.7. The number of rotatable bonds is 8. The maximum atomic E-state index is 11.9. The van der Waals surface area contributed by atoms with Crippen molar-refractivity contribution in [1.29, 1.82) is 0 Å². The third kappa shape index (κ3) is 4.92. The zero-order valence-electron chi connectivity index (χ0n) is 14.7. The predicted molar refractivity (Wildman–Crippen MR) is 99.8 cm³/mol. The van der Waals surface area contributed by atoms with E-state index in [1.165, 1.54) is 5.56 Å². The molecule has 134 valence electrons. The van der Waals surface area contributed by atoms with Crippen molar-refractivity contribution in [2.24, 2.45) is 0 Å². The molecule has 0 saturated heterocycles. The van der Waals surface area contributed by atoms with Gasteiger partial charge in [0.15, 0.2) is 5.82 Å². The first-order valence-corrected chi connectivity index (χ1v) is 8.61. The predicted octanol–water partition coefficient (Wildman–Crippen LogP) is 2.77. The maximum absolute atomic E-state index is 11.9. The van der Waals surface area contributed by atoms with E-state index in [1.54, 1.807) is 7.11 Å². The van der Waals surface area contributed by atoms with E-state index in [4.69, 9.17) is 4.74 Å². The molecular formula is C20H22N4O2. The molecule has 0 atom stereocenters. The molecule has 3 rings (SSSR count). The minimum Gasteiger partial charge on any atom is -0.497 e. The van der Waals surface area contributed by atoms with Crippen LogP contribution in [0.25, 0.3) is 11.4 Å². The minimum atomic E-state index is 0.0451. The minimum absolute atomic E-state index is 0.0451. The molecule has 1 heterocycles. The van der Waals surface area contributed by atoms with E-state index in [0.29, 0.717) is 25.2 Å². The fourth-order valence-corrected chi connectivity index (χ4v) is 2.59. The number of nitrogens with one attached hydrogen (secondary N) is 2. The summed E-state index contributed by atoms with van der Waals surface area (Å²) < 4.78 is 5.14. The fraction of sp³-hybridized carbons (Fsp3) is 0.250. The number of ether oxygens (including phenoxy) is 1. The van der Waals surface area contributed by atoms with Gasteiger partial charge in [0.05, 0.1) is 7.11 Å². The monoisotopic (exact) mass is 350 g/mol. The molecule has 0 aliphatic carbocycles. The van der Waals surface area contributed by atoms with Gasteiger partial charge in [-0.3, -0.25) is 9.89 Å². The number of aromatic nitrogens is 3. The highest BCUT2D eigenvalue weighted by Gasteiger charge is 2.07. The number of H-pyrrole nitrogens is 1. The number of hydrogen-bond donors (Lipinski definition) is 2. The molecule has 26 heavy (non-hydrogen) atoms. The van der Waals surface area contributed by atoms with Crippen LogP contribution in [0.15, 0.2) is 54.6 Å². The Labute approximate surface area is 152 Å². The average molecular weight is 350 g/mol. The van der Waals surface area contributed by atoms with Crippen molar-refractivity contribution in [3.63, 3.8) is 0 Å². The third-order valence-electron chi connectivity index (χ3n) is 4.05. The van der Waals surface area contributed by atoms with E-state index in [-0.39, 0.29) is 5.91 Å². The summed E-state index contributed by atoms with van der Waals surface area (Å²) >= 11 is 0. The Hall–Kier alpha value is -3.15. The van der Waals surface area contributed by atoms with E-state index in [9.17, 15) is 4.79 Å². The quantitative estimate of drug-likeness (QED) is 0.655. The lowest BCUT2D eigenvalue weighted by atomic mass is 10.1. The Morgan fingerprint density at radius 3 is 2.58 bits per heavy atom. The van der Waals surface area contributed by atoms with Crippen molar-refractivity contribution < 1.29 is 9.53 Å². The van der Waals surface area contributed by atoms with Crippen molar-refractivity contribution in [2.45, 2.75) is 19.3 Å². The number of hydrogen-bond acceptors (Lipinski definition) is 4. The van der Waals surface area contributed by atoms with Crippen LogP contribution >= 0.6 is 0 Å². The first-order valence-electron chi connectivity index (χ1n) is 8.61. The van der Waals surface area contributed by atoms with Crippen molar-refractivity contribution in [2.75, 3.05) is 13.7 Å². The molecule has 2 aromatic carbocycles. The number of aryl methyl sites for hydroxylation is 1. The van der Waals surface area contributed by atoms with Gasteiger partial charge >= 0.3 is 0 Å². The van der Waals surface area contributed by atoms with Gasteiger partial charge in [-0.2, -0.15) is 5.10 Å². The second-order valence-electron chi connectivity index (χ2n) is 5.92. The van der Waals surface area contributed by atoms with Gasteiger partial charge in [0.25, 0.3) is 0 Å². The summed E-state index contributed by atoms with van der Waals surface area (Å²) in [7, 11) is 1.63. The first kappa shape index (κ1) is 17.7. The molecule has 0 unspecified atom stereocenters. The van der Waals surface area contributed by atoms with Crippen LogP contribution in [-0.2, 0) is 17.6 Å². The van der Waals surface area contributed by atoms with Gasteiger partial charge in [0.2, 0.25) is 5.91 Å². The van der Waals surface area contributed by atoms with E-state index in [1.807, 2.05) is 54.6 Å². The fourth-order valence-electron chi connectivity index (χ4n) is 2.59. The molecular weight excluding hydrogens is 328 g/mol. The summed E-state index contributed by atoms with van der Waals surface area (Å²) in [6.07, 6.45) is 1.84. The van der Waals surface area contributed by atoms with Crippen LogP contribution in [0.2, 0.25) is 0 Å². The van der Waals surface area contributed by atoms with Gasteiger partial charge < -0.3 is 10.1 Å². The summed E-state index contributed by atoms with van der Waals surface area (Å²) in [5, 5.41) is 10.1. The van der Waals surface area contributed by atoms with Crippen LogP contribution < -0.4 is 10.1 Å². The van der Waals surface area contributed by atoms with Crippen LogP contribution in [-0.4, -0.2) is 34.7 Å². The molecule has 0 saturated carbocycles. The molecule has 3 aromatic rings. The number of benzene rings is 2. The molecule has 0 aliphatic rings. The van der Waals surface area contributed by atoms with Gasteiger partial charge in [0, 0.05) is 24.9 Å².